The van der Waals surface area contributed by atoms with Crippen LogP contribution >= 0.6 is 11.3 Å². The van der Waals surface area contributed by atoms with Crippen LogP contribution in [0.1, 0.15) is 82.2 Å². The van der Waals surface area contributed by atoms with Crippen molar-refractivity contribution in [2.45, 2.75) is 84.2 Å². The van der Waals surface area contributed by atoms with Gasteiger partial charge in [0.25, 0.3) is 0 Å². The maximum absolute atomic E-state index is 13.4. The molecule has 2 amide bonds. The number of aliphatic hydroxyl groups is 2. The zero-order valence-electron chi connectivity index (χ0n) is 21.3. The molecule has 3 N–H and O–H groups in total. The third-order valence-corrected chi connectivity index (χ3v) is 9.90. The Morgan fingerprint density at radius 1 is 1.26 bits per heavy atom. The van der Waals surface area contributed by atoms with Gasteiger partial charge in [-0.15, -0.1) is 11.3 Å². The van der Waals surface area contributed by atoms with Crippen LogP contribution in [0.4, 0.5) is 5.13 Å². The molecule has 196 valence electrons. The lowest BCUT2D eigenvalue weighted by molar-refractivity contribution is -0.149. The van der Waals surface area contributed by atoms with Crippen molar-refractivity contribution in [2.75, 3.05) is 38.2 Å². The van der Waals surface area contributed by atoms with Crippen LogP contribution in [0.5, 0.6) is 0 Å². The van der Waals surface area contributed by atoms with Gasteiger partial charge in [0.2, 0.25) is 11.8 Å². The first kappa shape index (κ1) is 26.5. The van der Waals surface area contributed by atoms with Crippen molar-refractivity contribution in [1.29, 1.82) is 0 Å². The summed E-state index contributed by atoms with van der Waals surface area (Å²) in [7, 11) is 0. The third-order valence-electron chi connectivity index (χ3n) is 8.89. The number of aliphatic hydroxyl groups excluding tert-OH is 2. The average Bonchev–Trinajstić information content (AvgIpc) is 3.25. The highest BCUT2D eigenvalue weighted by molar-refractivity contribution is 7.15. The summed E-state index contributed by atoms with van der Waals surface area (Å²) >= 11 is 1.48. The van der Waals surface area contributed by atoms with E-state index >= 15 is 0 Å². The number of anilines is 1. The summed E-state index contributed by atoms with van der Waals surface area (Å²) in [6.45, 7) is 8.50. The van der Waals surface area contributed by atoms with E-state index in [1.165, 1.54) is 11.3 Å². The van der Waals surface area contributed by atoms with Crippen molar-refractivity contribution in [2.24, 2.45) is 16.7 Å². The number of hydrogen-bond donors (Lipinski definition) is 3. The summed E-state index contributed by atoms with van der Waals surface area (Å²) in [6.07, 6.45) is 5.22. The van der Waals surface area contributed by atoms with Gasteiger partial charge in [0.1, 0.15) is 0 Å². The Bertz CT molecular complexity index is 917. The second-order valence-electron chi connectivity index (χ2n) is 11.1. The van der Waals surface area contributed by atoms with Crippen molar-refractivity contribution in [3.05, 3.63) is 10.6 Å². The van der Waals surface area contributed by atoms with Gasteiger partial charge in [0.15, 0.2) is 5.13 Å². The van der Waals surface area contributed by atoms with Gasteiger partial charge < -0.3 is 25.2 Å². The minimum absolute atomic E-state index is 0.00675. The SMILES string of the molecule is CCCCCC(=O)Nc1nc2c(s1)C[C@@H]1[C@](C)(CO)[C@H](O)CC[C@@]1(C)[C@@H]2CC(=O)N1CCOCC1. The van der Waals surface area contributed by atoms with Crippen LogP contribution in [0.15, 0.2) is 0 Å². The molecule has 2 fully saturated rings. The van der Waals surface area contributed by atoms with E-state index in [0.29, 0.717) is 57.1 Å². The van der Waals surface area contributed by atoms with Gasteiger partial charge >= 0.3 is 0 Å². The summed E-state index contributed by atoms with van der Waals surface area (Å²) in [6, 6.07) is 0. The van der Waals surface area contributed by atoms with E-state index < -0.39 is 11.5 Å². The minimum atomic E-state index is -0.654. The molecule has 0 aromatic carbocycles. The molecule has 1 aliphatic heterocycles. The molecule has 3 aliphatic rings. The molecular weight excluding hydrogens is 466 g/mol. The Kier molecular flexibility index (Phi) is 8.20. The predicted molar refractivity (Wildman–Crippen MR) is 135 cm³/mol. The molecule has 0 spiro atoms. The second-order valence-corrected chi connectivity index (χ2v) is 12.1. The number of fused-ring (bicyclic) bond motifs is 2. The van der Waals surface area contributed by atoms with Crippen LogP contribution in [-0.2, 0) is 20.7 Å². The monoisotopic (exact) mass is 507 g/mol. The first-order valence-electron chi connectivity index (χ1n) is 13.2. The highest BCUT2D eigenvalue weighted by atomic mass is 32.1. The van der Waals surface area contributed by atoms with E-state index in [4.69, 9.17) is 9.72 Å². The number of rotatable bonds is 8. The third kappa shape index (κ3) is 5.15. The van der Waals surface area contributed by atoms with Gasteiger partial charge in [-0.05, 0) is 37.0 Å². The number of unbranched alkanes of at least 4 members (excludes halogenated alkanes) is 2. The summed E-state index contributed by atoms with van der Waals surface area (Å²) < 4.78 is 5.43. The number of amides is 2. The Morgan fingerprint density at radius 2 is 2.00 bits per heavy atom. The van der Waals surface area contributed by atoms with Gasteiger partial charge in [-0.2, -0.15) is 0 Å². The highest BCUT2D eigenvalue weighted by Crippen LogP contribution is 2.62. The molecule has 8 nitrogen and oxygen atoms in total. The van der Waals surface area contributed by atoms with Crippen LogP contribution in [0.2, 0.25) is 0 Å². The number of thiazole rings is 1. The molecule has 2 aliphatic carbocycles. The van der Waals surface area contributed by atoms with Crippen LogP contribution in [-0.4, -0.2) is 70.9 Å². The number of carbonyl (C=O) groups is 2. The summed E-state index contributed by atoms with van der Waals surface area (Å²) in [5.41, 5.74) is -0.0309. The first-order chi connectivity index (χ1) is 16.7. The van der Waals surface area contributed by atoms with Crippen LogP contribution in [0.25, 0.3) is 0 Å². The lowest BCUT2D eigenvalue weighted by atomic mass is 9.47. The lowest BCUT2D eigenvalue weighted by Gasteiger charge is -2.58. The van der Waals surface area contributed by atoms with Gasteiger partial charge in [-0.3, -0.25) is 9.59 Å². The minimum Gasteiger partial charge on any atom is -0.396 e. The molecule has 1 saturated carbocycles. The quantitative estimate of drug-likeness (QED) is 0.466. The van der Waals surface area contributed by atoms with Crippen molar-refractivity contribution >= 4 is 28.3 Å². The highest BCUT2D eigenvalue weighted by Gasteiger charge is 2.59. The average molecular weight is 508 g/mol. The molecular formula is C26H41N3O5S. The summed E-state index contributed by atoms with van der Waals surface area (Å²) in [5.74, 6) is -0.0508. The van der Waals surface area contributed by atoms with Gasteiger partial charge in [-0.25, -0.2) is 4.98 Å². The normalized spacial score (nSPS) is 32.6. The van der Waals surface area contributed by atoms with Crippen LogP contribution in [0, 0.1) is 16.7 Å². The summed E-state index contributed by atoms with van der Waals surface area (Å²) in [5, 5.41) is 24.9. The van der Waals surface area contributed by atoms with E-state index in [9.17, 15) is 19.8 Å². The smallest absolute Gasteiger partial charge is 0.226 e. The fourth-order valence-electron chi connectivity index (χ4n) is 6.53. The molecule has 1 aromatic heterocycles. The van der Waals surface area contributed by atoms with Crippen molar-refractivity contribution in [1.82, 2.24) is 9.88 Å². The van der Waals surface area contributed by atoms with E-state index in [2.05, 4.69) is 19.2 Å². The molecule has 0 unspecified atom stereocenters. The Hall–Kier alpha value is -1.55. The fraction of sp³-hybridized carbons (Fsp3) is 0.808. The number of carbonyl (C=O) groups excluding carboxylic acids is 2. The zero-order chi connectivity index (χ0) is 25.2. The maximum atomic E-state index is 13.4. The molecule has 5 atom stereocenters. The van der Waals surface area contributed by atoms with Crippen molar-refractivity contribution in [3.8, 4) is 0 Å². The van der Waals surface area contributed by atoms with Gasteiger partial charge in [0, 0.05) is 42.1 Å². The second kappa shape index (κ2) is 10.8. The molecule has 4 rings (SSSR count). The number of ether oxygens (including phenoxy) is 1. The molecule has 2 heterocycles. The fourth-order valence-corrected chi connectivity index (χ4v) is 7.62. The Labute approximate surface area is 212 Å². The van der Waals surface area contributed by atoms with Crippen LogP contribution < -0.4 is 5.32 Å². The predicted octanol–water partition coefficient (Wildman–Crippen LogP) is 3.33. The number of hydrogen-bond acceptors (Lipinski definition) is 7. The van der Waals surface area contributed by atoms with Gasteiger partial charge in [-0.1, -0.05) is 33.6 Å². The topological polar surface area (TPSA) is 112 Å². The van der Waals surface area contributed by atoms with E-state index in [0.717, 1.165) is 36.3 Å². The Morgan fingerprint density at radius 3 is 2.69 bits per heavy atom. The lowest BCUT2D eigenvalue weighted by Crippen LogP contribution is -2.58. The number of aromatic nitrogens is 1. The van der Waals surface area contributed by atoms with E-state index in [-0.39, 0.29) is 35.7 Å². The molecule has 1 aromatic rings. The van der Waals surface area contributed by atoms with Gasteiger partial charge in [0.05, 0.1) is 31.6 Å². The number of nitrogens with one attached hydrogen (secondary N) is 1. The number of morpholine rings is 1. The summed E-state index contributed by atoms with van der Waals surface area (Å²) in [4.78, 5) is 33.7. The molecule has 35 heavy (non-hydrogen) atoms. The number of nitrogens with zero attached hydrogens (tertiary/aromatic N) is 2. The van der Waals surface area contributed by atoms with E-state index in [1.807, 2.05) is 11.8 Å². The maximum Gasteiger partial charge on any atom is 0.226 e. The molecule has 9 heteroatoms. The zero-order valence-corrected chi connectivity index (χ0v) is 22.2. The molecule has 0 bridgehead atoms. The van der Waals surface area contributed by atoms with Crippen molar-refractivity contribution < 1.29 is 24.5 Å². The molecule has 0 radical (unpaired) electrons. The van der Waals surface area contributed by atoms with Crippen molar-refractivity contribution in [3.63, 3.8) is 0 Å². The Balaban J connectivity index is 1.65. The molecule has 1 saturated heterocycles. The van der Waals surface area contributed by atoms with E-state index in [1.54, 1.807) is 0 Å². The first-order valence-corrected chi connectivity index (χ1v) is 14.0. The largest absolute Gasteiger partial charge is 0.396 e. The standard InChI is InChI=1S/C26H41N3O5S/c1-4-5-6-7-21(32)27-24-28-23-17(14-22(33)29-10-12-34-13-11-29)25(2)9-8-20(31)26(3,16-30)19(25)15-18(23)35-24/h17,19-20,30-31H,4-16H2,1-3H3,(H,27,28,32)/t17-,19+,20-,25+,26+/m1/s1. The van der Waals surface area contributed by atoms with Crippen LogP contribution in [0.3, 0.4) is 0 Å².